The van der Waals surface area contributed by atoms with Crippen LogP contribution in [0.25, 0.3) is 0 Å². The van der Waals surface area contributed by atoms with Gasteiger partial charge in [-0.2, -0.15) is 12.6 Å². The average molecular weight is 179 g/mol. The van der Waals surface area contributed by atoms with E-state index in [1.165, 1.54) is 25.7 Å². The van der Waals surface area contributed by atoms with Gasteiger partial charge in [0.25, 0.3) is 0 Å². The molecule has 0 aromatic rings. The first-order valence-corrected chi connectivity index (χ1v) is 4.88. The summed E-state index contributed by atoms with van der Waals surface area (Å²) in [6.45, 7) is 2.77. The van der Waals surface area contributed by atoms with Crippen LogP contribution in [0.5, 0.6) is 0 Å². The Morgan fingerprint density at radius 3 is 2.00 bits per heavy atom. The molecule has 0 rings (SSSR count). The molecular weight excluding hydrogens is 158 g/mol. The van der Waals surface area contributed by atoms with Crippen LogP contribution >= 0.6 is 12.6 Å². The molecule has 0 heterocycles. The number of thiol groups is 1. The van der Waals surface area contributed by atoms with Gasteiger partial charge in [0.1, 0.15) is 0 Å². The van der Waals surface area contributed by atoms with Gasteiger partial charge in [-0.3, -0.25) is 0 Å². The minimum absolute atomic E-state index is 0.250. The summed E-state index contributed by atoms with van der Waals surface area (Å²) in [7, 11) is 0. The van der Waals surface area contributed by atoms with Crippen molar-refractivity contribution in [3.05, 3.63) is 0 Å². The van der Waals surface area contributed by atoms with Gasteiger partial charge in [-0.1, -0.05) is 12.8 Å². The largest absolute Gasteiger partial charge is 0.397 e. The summed E-state index contributed by atoms with van der Waals surface area (Å²) in [6, 6.07) is 0. The van der Waals surface area contributed by atoms with Gasteiger partial charge in [-0.15, -0.1) is 0 Å². The number of rotatable bonds is 5. The van der Waals surface area contributed by atoms with Crippen molar-refractivity contribution in [1.29, 1.82) is 0 Å². The lowest BCUT2D eigenvalue weighted by molar-refractivity contribution is 0.318. The van der Waals surface area contributed by atoms with Crippen molar-refractivity contribution in [2.75, 3.05) is 18.9 Å². The van der Waals surface area contributed by atoms with Crippen LogP contribution in [0.2, 0.25) is 0 Å². The zero-order valence-corrected chi connectivity index (χ0v) is 8.32. The number of aliphatic hydroxyl groups is 1. The molecule has 0 saturated carbocycles. The van der Waals surface area contributed by atoms with E-state index in [-0.39, 0.29) is 6.61 Å². The molecule has 0 atom stereocenters. The first kappa shape index (κ1) is 13.8. The quantitative estimate of drug-likeness (QED) is 0.442. The molecule has 0 saturated heterocycles. The lowest BCUT2D eigenvalue weighted by Gasteiger charge is -1.93. The van der Waals surface area contributed by atoms with E-state index in [9.17, 15) is 0 Å². The third-order valence-electron chi connectivity index (χ3n) is 1.11. The van der Waals surface area contributed by atoms with Gasteiger partial charge < -0.3 is 10.8 Å². The van der Waals surface area contributed by atoms with Crippen molar-refractivity contribution in [2.24, 2.45) is 5.73 Å². The highest BCUT2D eigenvalue weighted by Crippen LogP contribution is 1.98. The molecule has 0 aliphatic heterocycles. The van der Waals surface area contributed by atoms with Gasteiger partial charge >= 0.3 is 0 Å². The van der Waals surface area contributed by atoms with Gasteiger partial charge in [-0.05, 0) is 32.1 Å². The number of aliphatic hydroxyl groups excluding tert-OH is 1. The first-order valence-electron chi connectivity index (χ1n) is 4.25. The van der Waals surface area contributed by atoms with Gasteiger partial charge in [0, 0.05) is 6.61 Å². The molecule has 0 bridgehead atoms. The SMILES string of the molecule is CCO.NCCCCCCS. The second-order valence-electron chi connectivity index (χ2n) is 2.24. The van der Waals surface area contributed by atoms with E-state index in [1.54, 1.807) is 6.92 Å². The van der Waals surface area contributed by atoms with Crippen molar-refractivity contribution in [3.8, 4) is 0 Å². The second-order valence-corrected chi connectivity index (χ2v) is 2.69. The Hall–Kier alpha value is 0.270. The zero-order valence-electron chi connectivity index (χ0n) is 7.42. The minimum atomic E-state index is 0.250. The minimum Gasteiger partial charge on any atom is -0.397 e. The van der Waals surface area contributed by atoms with E-state index >= 15 is 0 Å². The fraction of sp³-hybridized carbons (Fsp3) is 1.00. The Kier molecular flexibility index (Phi) is 21.0. The van der Waals surface area contributed by atoms with Crippen molar-refractivity contribution >= 4 is 12.6 Å². The molecule has 0 aromatic carbocycles. The Morgan fingerprint density at radius 1 is 1.18 bits per heavy atom. The molecule has 11 heavy (non-hydrogen) atoms. The van der Waals surface area contributed by atoms with Crippen LogP contribution in [0.15, 0.2) is 0 Å². The Bertz CT molecular complexity index is 47.4. The highest BCUT2D eigenvalue weighted by molar-refractivity contribution is 7.80. The predicted molar refractivity (Wildman–Crippen MR) is 54.1 cm³/mol. The van der Waals surface area contributed by atoms with Crippen molar-refractivity contribution in [2.45, 2.75) is 32.6 Å². The third kappa shape index (κ3) is 25.3. The number of hydrogen-bond acceptors (Lipinski definition) is 3. The molecule has 0 aliphatic rings. The Labute approximate surface area is 75.6 Å². The smallest absolute Gasteiger partial charge is 0.0402 e. The Morgan fingerprint density at radius 2 is 1.64 bits per heavy atom. The molecule has 3 N–H and O–H groups in total. The summed E-state index contributed by atoms with van der Waals surface area (Å²) < 4.78 is 0. The van der Waals surface area contributed by atoms with Gasteiger partial charge in [0.05, 0.1) is 0 Å². The fourth-order valence-electron chi connectivity index (χ4n) is 0.610. The van der Waals surface area contributed by atoms with Crippen molar-refractivity contribution in [1.82, 2.24) is 0 Å². The second kappa shape index (κ2) is 16.7. The summed E-state index contributed by atoms with van der Waals surface area (Å²) in [4.78, 5) is 0. The fourth-order valence-corrected chi connectivity index (χ4v) is 0.833. The molecule has 70 valence electrons. The van der Waals surface area contributed by atoms with E-state index in [0.29, 0.717) is 0 Å². The Balaban J connectivity index is 0. The van der Waals surface area contributed by atoms with Crippen LogP contribution in [0, 0.1) is 0 Å². The topological polar surface area (TPSA) is 46.2 Å². The molecular formula is C8H21NOS. The molecule has 0 aliphatic carbocycles. The van der Waals surface area contributed by atoms with Crippen molar-refractivity contribution in [3.63, 3.8) is 0 Å². The van der Waals surface area contributed by atoms with Crippen LogP contribution in [0.4, 0.5) is 0 Å². The number of nitrogens with two attached hydrogens (primary N) is 1. The van der Waals surface area contributed by atoms with E-state index in [0.717, 1.165) is 12.3 Å². The molecule has 0 fully saturated rings. The van der Waals surface area contributed by atoms with E-state index in [2.05, 4.69) is 12.6 Å². The summed E-state index contributed by atoms with van der Waals surface area (Å²) >= 11 is 4.09. The van der Waals surface area contributed by atoms with Gasteiger partial charge in [0.15, 0.2) is 0 Å². The summed E-state index contributed by atoms with van der Waals surface area (Å²) in [6.07, 6.45) is 4.98. The maximum Gasteiger partial charge on any atom is 0.0402 e. The third-order valence-corrected chi connectivity index (χ3v) is 1.43. The predicted octanol–water partition coefficient (Wildman–Crippen LogP) is 1.43. The zero-order chi connectivity index (χ0) is 8.95. The summed E-state index contributed by atoms with van der Waals surface area (Å²) in [5, 5.41) is 7.57. The lowest BCUT2D eigenvalue weighted by Crippen LogP contribution is -1.97. The highest BCUT2D eigenvalue weighted by Gasteiger charge is 1.83. The van der Waals surface area contributed by atoms with E-state index in [1.807, 2.05) is 0 Å². The van der Waals surface area contributed by atoms with E-state index in [4.69, 9.17) is 10.8 Å². The van der Waals surface area contributed by atoms with Crippen LogP contribution < -0.4 is 5.73 Å². The first-order chi connectivity index (χ1) is 5.33. The number of unbranched alkanes of at least 4 members (excludes halogenated alkanes) is 3. The summed E-state index contributed by atoms with van der Waals surface area (Å²) in [5.74, 6) is 1.02. The lowest BCUT2D eigenvalue weighted by atomic mass is 10.2. The van der Waals surface area contributed by atoms with Gasteiger partial charge in [-0.25, -0.2) is 0 Å². The molecule has 0 amide bonds. The molecule has 2 nitrogen and oxygen atoms in total. The van der Waals surface area contributed by atoms with Crippen molar-refractivity contribution < 1.29 is 5.11 Å². The number of hydrogen-bond donors (Lipinski definition) is 3. The molecule has 0 aromatic heterocycles. The van der Waals surface area contributed by atoms with Crippen LogP contribution in [-0.2, 0) is 0 Å². The normalized spacial score (nSPS) is 8.73. The average Bonchev–Trinajstić information content (AvgIpc) is 2.00. The molecule has 0 radical (unpaired) electrons. The molecule has 0 spiro atoms. The summed E-state index contributed by atoms with van der Waals surface area (Å²) in [5.41, 5.74) is 5.29. The monoisotopic (exact) mass is 179 g/mol. The standard InChI is InChI=1S/C6H15NS.C2H6O/c7-5-3-1-2-4-6-8;1-2-3/h8H,1-7H2;3H,2H2,1H3. The van der Waals surface area contributed by atoms with Crippen LogP contribution in [-0.4, -0.2) is 24.0 Å². The van der Waals surface area contributed by atoms with Gasteiger partial charge in [0.2, 0.25) is 0 Å². The highest BCUT2D eigenvalue weighted by atomic mass is 32.1. The molecule has 3 heteroatoms. The van der Waals surface area contributed by atoms with Crippen LogP contribution in [0.1, 0.15) is 32.6 Å². The van der Waals surface area contributed by atoms with E-state index < -0.39 is 0 Å². The van der Waals surface area contributed by atoms with Crippen LogP contribution in [0.3, 0.4) is 0 Å². The maximum atomic E-state index is 7.57. The maximum absolute atomic E-state index is 7.57. The molecule has 0 unspecified atom stereocenters.